The number of pyridine rings is 1. The number of hydrogen-bond acceptors (Lipinski definition) is 3. The van der Waals surface area contributed by atoms with Gasteiger partial charge in [-0.05, 0) is 37.2 Å². The molecule has 20 heavy (non-hydrogen) atoms. The van der Waals surface area contributed by atoms with Gasteiger partial charge in [0.1, 0.15) is 5.03 Å². The Labute approximate surface area is 130 Å². The van der Waals surface area contributed by atoms with Crippen LogP contribution in [0.5, 0.6) is 0 Å². The van der Waals surface area contributed by atoms with Gasteiger partial charge in [-0.25, -0.2) is 4.98 Å². The van der Waals surface area contributed by atoms with Crippen molar-refractivity contribution in [3.8, 4) is 0 Å². The van der Waals surface area contributed by atoms with Crippen LogP contribution in [0.3, 0.4) is 0 Å². The highest BCUT2D eigenvalue weighted by Gasteiger charge is 2.10. The zero-order chi connectivity index (χ0) is 14.4. The highest BCUT2D eigenvalue weighted by atomic mass is 35.5. The van der Waals surface area contributed by atoms with Crippen LogP contribution in [0.2, 0.25) is 5.02 Å². The fraction of sp³-hybridized carbons (Fsp3) is 0.312. The number of hydrogen-bond donors (Lipinski definition) is 1. The molecule has 1 N–H and O–H groups in total. The van der Waals surface area contributed by atoms with E-state index in [0.717, 1.165) is 22.3 Å². The van der Waals surface area contributed by atoms with E-state index in [-0.39, 0.29) is 0 Å². The molecule has 0 aliphatic carbocycles. The molecule has 0 bridgehead atoms. The summed E-state index contributed by atoms with van der Waals surface area (Å²) in [6.07, 6.45) is 1.85. The molecule has 1 aromatic carbocycles. The van der Waals surface area contributed by atoms with Crippen LogP contribution in [0.25, 0.3) is 0 Å². The lowest BCUT2D eigenvalue weighted by molar-refractivity contribution is 0.585. The first kappa shape index (κ1) is 15.4. The molecule has 0 aliphatic rings. The van der Waals surface area contributed by atoms with Gasteiger partial charge in [0.2, 0.25) is 0 Å². The highest BCUT2D eigenvalue weighted by molar-refractivity contribution is 7.98. The van der Waals surface area contributed by atoms with E-state index in [1.54, 1.807) is 11.8 Å². The van der Waals surface area contributed by atoms with Gasteiger partial charge >= 0.3 is 0 Å². The van der Waals surface area contributed by atoms with Gasteiger partial charge in [-0.1, -0.05) is 36.7 Å². The molecule has 1 aromatic heterocycles. The van der Waals surface area contributed by atoms with Crippen molar-refractivity contribution in [1.82, 2.24) is 10.3 Å². The van der Waals surface area contributed by atoms with Crippen molar-refractivity contribution in [2.24, 2.45) is 0 Å². The Morgan fingerprint density at radius 1 is 1.25 bits per heavy atom. The Hall–Kier alpha value is -1.03. The maximum atomic E-state index is 5.90. The zero-order valence-electron chi connectivity index (χ0n) is 11.8. The number of benzene rings is 1. The summed E-state index contributed by atoms with van der Waals surface area (Å²) in [6.45, 7) is 5.25. The van der Waals surface area contributed by atoms with Crippen LogP contribution in [0.15, 0.2) is 47.6 Å². The van der Waals surface area contributed by atoms with Crippen molar-refractivity contribution in [2.45, 2.75) is 30.7 Å². The number of nitrogens with one attached hydrogen (secondary N) is 1. The summed E-state index contributed by atoms with van der Waals surface area (Å²) in [7, 11) is 0. The molecule has 0 spiro atoms. The summed E-state index contributed by atoms with van der Waals surface area (Å²) >= 11 is 7.67. The normalized spacial score (nSPS) is 12.3. The molecule has 0 fully saturated rings. The fourth-order valence-electron chi connectivity index (χ4n) is 2.00. The van der Waals surface area contributed by atoms with E-state index in [2.05, 4.69) is 42.3 Å². The molecule has 2 nitrogen and oxygen atoms in total. The first-order chi connectivity index (χ1) is 9.70. The Morgan fingerprint density at radius 3 is 2.70 bits per heavy atom. The molecule has 1 atom stereocenters. The predicted molar refractivity (Wildman–Crippen MR) is 87.3 cm³/mol. The zero-order valence-corrected chi connectivity index (χ0v) is 13.3. The molecule has 0 saturated heterocycles. The number of nitrogens with zero attached hydrogens (tertiary/aromatic N) is 1. The second-order valence-electron chi connectivity index (χ2n) is 4.59. The van der Waals surface area contributed by atoms with E-state index >= 15 is 0 Å². The molecule has 2 rings (SSSR count). The summed E-state index contributed by atoms with van der Waals surface area (Å²) in [5.41, 5.74) is 2.51. The molecular formula is C16H19ClN2S. The minimum absolute atomic E-state index is 0.321. The van der Waals surface area contributed by atoms with Crippen molar-refractivity contribution < 1.29 is 0 Å². The van der Waals surface area contributed by atoms with Crippen molar-refractivity contribution >= 4 is 23.4 Å². The highest BCUT2D eigenvalue weighted by Crippen LogP contribution is 2.28. The lowest BCUT2D eigenvalue weighted by Gasteiger charge is -2.15. The van der Waals surface area contributed by atoms with Crippen LogP contribution in [-0.2, 0) is 5.75 Å². The van der Waals surface area contributed by atoms with E-state index < -0.39 is 0 Å². The Balaban J connectivity index is 2.07. The predicted octanol–water partition coefficient (Wildman–Crippen LogP) is 4.70. The van der Waals surface area contributed by atoms with Crippen molar-refractivity contribution in [1.29, 1.82) is 0 Å². The van der Waals surface area contributed by atoms with E-state index in [1.807, 2.05) is 24.4 Å². The van der Waals surface area contributed by atoms with Gasteiger partial charge in [0.15, 0.2) is 0 Å². The minimum atomic E-state index is 0.321. The molecule has 0 radical (unpaired) electrons. The molecule has 0 amide bonds. The summed E-state index contributed by atoms with van der Waals surface area (Å²) in [5, 5.41) is 5.31. The SMILES string of the molecule is CCNC(C)c1cccnc1SCc1ccc(Cl)cc1. The van der Waals surface area contributed by atoms with E-state index in [0.29, 0.717) is 6.04 Å². The van der Waals surface area contributed by atoms with Crippen LogP contribution in [0.1, 0.15) is 31.0 Å². The van der Waals surface area contributed by atoms with Gasteiger partial charge in [0.25, 0.3) is 0 Å². The van der Waals surface area contributed by atoms with Gasteiger partial charge < -0.3 is 5.32 Å². The van der Waals surface area contributed by atoms with Crippen LogP contribution in [-0.4, -0.2) is 11.5 Å². The summed E-state index contributed by atoms with van der Waals surface area (Å²) in [5.74, 6) is 0.903. The van der Waals surface area contributed by atoms with Crippen LogP contribution in [0.4, 0.5) is 0 Å². The molecule has 106 valence electrons. The monoisotopic (exact) mass is 306 g/mol. The lowest BCUT2D eigenvalue weighted by atomic mass is 10.1. The van der Waals surface area contributed by atoms with Gasteiger partial charge in [0.05, 0.1) is 0 Å². The Bertz CT molecular complexity index is 542. The number of aromatic nitrogens is 1. The average Bonchev–Trinajstić information content (AvgIpc) is 2.47. The Morgan fingerprint density at radius 2 is 2.00 bits per heavy atom. The van der Waals surface area contributed by atoms with Crippen molar-refractivity contribution in [2.75, 3.05) is 6.54 Å². The summed E-state index contributed by atoms with van der Waals surface area (Å²) in [4.78, 5) is 4.51. The second kappa shape index (κ2) is 7.67. The maximum absolute atomic E-state index is 5.90. The first-order valence-electron chi connectivity index (χ1n) is 6.76. The van der Waals surface area contributed by atoms with E-state index in [9.17, 15) is 0 Å². The molecule has 0 aliphatic heterocycles. The maximum Gasteiger partial charge on any atom is 0.101 e. The molecule has 4 heteroatoms. The summed E-state index contributed by atoms with van der Waals surface area (Å²) < 4.78 is 0. The Kier molecular flexibility index (Phi) is 5.89. The topological polar surface area (TPSA) is 24.9 Å². The van der Waals surface area contributed by atoms with Gasteiger partial charge in [0, 0.05) is 28.6 Å². The van der Waals surface area contributed by atoms with Crippen LogP contribution >= 0.6 is 23.4 Å². The molecule has 0 saturated carbocycles. The van der Waals surface area contributed by atoms with Crippen LogP contribution in [0, 0.1) is 0 Å². The van der Waals surface area contributed by atoms with Crippen LogP contribution < -0.4 is 5.32 Å². The standard InChI is InChI=1S/C16H19ClN2S/c1-3-18-12(2)15-5-4-10-19-16(15)20-11-13-6-8-14(17)9-7-13/h4-10,12,18H,3,11H2,1-2H3. The minimum Gasteiger partial charge on any atom is -0.310 e. The number of thioether (sulfide) groups is 1. The van der Waals surface area contributed by atoms with Gasteiger partial charge in [-0.15, -0.1) is 11.8 Å². The number of halogens is 1. The van der Waals surface area contributed by atoms with E-state index in [4.69, 9.17) is 11.6 Å². The van der Waals surface area contributed by atoms with Crippen molar-refractivity contribution in [3.63, 3.8) is 0 Å². The third-order valence-electron chi connectivity index (χ3n) is 3.07. The largest absolute Gasteiger partial charge is 0.310 e. The molecule has 2 aromatic rings. The molecule has 1 unspecified atom stereocenters. The molecular weight excluding hydrogens is 288 g/mol. The van der Waals surface area contributed by atoms with E-state index in [1.165, 1.54) is 11.1 Å². The smallest absolute Gasteiger partial charge is 0.101 e. The third-order valence-corrected chi connectivity index (χ3v) is 4.41. The molecule has 1 heterocycles. The second-order valence-corrected chi connectivity index (χ2v) is 5.99. The fourth-order valence-corrected chi connectivity index (χ4v) is 3.17. The van der Waals surface area contributed by atoms with Crippen molar-refractivity contribution in [3.05, 3.63) is 58.7 Å². The quantitative estimate of drug-likeness (QED) is 0.783. The van der Waals surface area contributed by atoms with Gasteiger partial charge in [-0.3, -0.25) is 0 Å². The first-order valence-corrected chi connectivity index (χ1v) is 8.12. The summed E-state index contributed by atoms with van der Waals surface area (Å²) in [6, 6.07) is 12.4. The average molecular weight is 307 g/mol. The van der Waals surface area contributed by atoms with Gasteiger partial charge in [-0.2, -0.15) is 0 Å². The lowest BCUT2D eigenvalue weighted by Crippen LogP contribution is -2.18. The third kappa shape index (κ3) is 4.23. The number of rotatable bonds is 6.